The van der Waals surface area contributed by atoms with E-state index in [2.05, 4.69) is 0 Å². The van der Waals surface area contributed by atoms with Crippen LogP contribution >= 0.6 is 0 Å². The number of halogens is 2. The lowest BCUT2D eigenvalue weighted by molar-refractivity contribution is 0.0884. The summed E-state index contributed by atoms with van der Waals surface area (Å²) in [6.45, 7) is 2.04. The summed E-state index contributed by atoms with van der Waals surface area (Å²) < 4.78 is 25.2. The molecule has 1 fully saturated rings. The van der Waals surface area contributed by atoms with Crippen LogP contribution in [0.4, 0.5) is 8.78 Å². The van der Waals surface area contributed by atoms with Gasteiger partial charge in [0.15, 0.2) is 0 Å². The van der Waals surface area contributed by atoms with Crippen molar-refractivity contribution in [2.75, 3.05) is 0 Å². The molecule has 1 aliphatic rings. The maximum atomic E-state index is 12.6. The summed E-state index contributed by atoms with van der Waals surface area (Å²) in [5, 5.41) is 0. The number of alkyl halides is 2. The molecule has 60 valence electrons. The summed E-state index contributed by atoms with van der Waals surface area (Å²) in [6.07, 6.45) is 0.379. The number of rotatable bonds is 1. The average molecular weight is 148 g/mol. The van der Waals surface area contributed by atoms with Crippen LogP contribution in [-0.4, -0.2) is 12.3 Å². The van der Waals surface area contributed by atoms with E-state index in [9.17, 15) is 8.78 Å². The molecule has 0 N–H and O–H groups in total. The largest absolute Gasteiger partial charge is 0.244 e. The van der Waals surface area contributed by atoms with Gasteiger partial charge in [0.1, 0.15) is 12.3 Å². The third-order valence-corrected chi connectivity index (χ3v) is 2.38. The lowest BCUT2D eigenvalue weighted by atomic mass is 9.85. The molecule has 0 spiro atoms. The van der Waals surface area contributed by atoms with E-state index in [4.69, 9.17) is 0 Å². The molecule has 0 aromatic rings. The van der Waals surface area contributed by atoms with Gasteiger partial charge in [-0.1, -0.05) is 13.3 Å². The van der Waals surface area contributed by atoms with Crippen molar-refractivity contribution in [1.82, 2.24) is 0 Å². The Morgan fingerprint density at radius 3 is 2.40 bits per heavy atom. The maximum absolute atomic E-state index is 12.6. The minimum atomic E-state index is -1.18. The molecule has 2 heteroatoms. The Morgan fingerprint density at radius 1 is 1.20 bits per heavy atom. The lowest BCUT2D eigenvalue weighted by Gasteiger charge is -2.26. The highest BCUT2D eigenvalue weighted by Crippen LogP contribution is 2.30. The fourth-order valence-electron chi connectivity index (χ4n) is 1.53. The van der Waals surface area contributed by atoms with Gasteiger partial charge in [0.05, 0.1) is 0 Å². The van der Waals surface area contributed by atoms with Crippen LogP contribution in [-0.2, 0) is 0 Å². The normalized spacial score (nSPS) is 41.7. The van der Waals surface area contributed by atoms with Crippen molar-refractivity contribution >= 4 is 0 Å². The molecule has 0 bridgehead atoms. The Bertz CT molecular complexity index is 103. The smallest absolute Gasteiger partial charge is 0.131 e. The van der Waals surface area contributed by atoms with Crippen molar-refractivity contribution in [3.05, 3.63) is 0 Å². The molecule has 3 atom stereocenters. The van der Waals surface area contributed by atoms with Crippen LogP contribution in [0.25, 0.3) is 0 Å². The summed E-state index contributed by atoms with van der Waals surface area (Å²) >= 11 is 0. The molecule has 1 aliphatic carbocycles. The van der Waals surface area contributed by atoms with Gasteiger partial charge in [-0.05, 0) is 25.2 Å². The molecule has 0 aliphatic heterocycles. The minimum absolute atomic E-state index is 0.430. The first-order valence-electron chi connectivity index (χ1n) is 4.02. The van der Waals surface area contributed by atoms with Crippen LogP contribution < -0.4 is 0 Å². The van der Waals surface area contributed by atoms with Crippen LogP contribution in [0.3, 0.4) is 0 Å². The highest BCUT2D eigenvalue weighted by molar-refractivity contribution is 4.78. The first kappa shape index (κ1) is 7.96. The van der Waals surface area contributed by atoms with Gasteiger partial charge in [0.25, 0.3) is 0 Å². The van der Waals surface area contributed by atoms with Gasteiger partial charge < -0.3 is 0 Å². The molecule has 0 aromatic carbocycles. The van der Waals surface area contributed by atoms with E-state index in [1.165, 1.54) is 0 Å². The number of hydrogen-bond acceptors (Lipinski definition) is 0. The van der Waals surface area contributed by atoms with Gasteiger partial charge in [0, 0.05) is 0 Å². The summed E-state index contributed by atoms with van der Waals surface area (Å²) in [5.74, 6) is 0.432. The Hall–Kier alpha value is -0.140. The quantitative estimate of drug-likeness (QED) is 0.536. The van der Waals surface area contributed by atoms with Gasteiger partial charge >= 0.3 is 0 Å². The highest BCUT2D eigenvalue weighted by Gasteiger charge is 2.29. The van der Waals surface area contributed by atoms with Crippen molar-refractivity contribution in [2.45, 2.75) is 45.0 Å². The zero-order valence-corrected chi connectivity index (χ0v) is 6.32. The van der Waals surface area contributed by atoms with Crippen LogP contribution in [0.1, 0.15) is 32.6 Å². The topological polar surface area (TPSA) is 0 Å². The third-order valence-electron chi connectivity index (χ3n) is 2.38. The molecule has 0 saturated heterocycles. The SMILES string of the molecule is CCC1CCC(F)C(F)C1. The predicted octanol–water partition coefficient (Wildman–Crippen LogP) is 2.87. The standard InChI is InChI=1S/C8H14F2/c1-2-6-3-4-7(9)8(10)5-6/h6-8H,2-5H2,1H3. The molecular formula is C8H14F2. The van der Waals surface area contributed by atoms with Crippen molar-refractivity contribution in [2.24, 2.45) is 5.92 Å². The second-order valence-corrected chi connectivity index (χ2v) is 3.12. The lowest BCUT2D eigenvalue weighted by Crippen LogP contribution is -2.26. The van der Waals surface area contributed by atoms with E-state index in [1.54, 1.807) is 0 Å². The van der Waals surface area contributed by atoms with E-state index in [1.807, 2.05) is 6.92 Å². The monoisotopic (exact) mass is 148 g/mol. The molecule has 0 radical (unpaired) electrons. The van der Waals surface area contributed by atoms with Crippen LogP contribution in [0.2, 0.25) is 0 Å². The molecule has 0 nitrogen and oxygen atoms in total. The fraction of sp³-hybridized carbons (Fsp3) is 1.00. The van der Waals surface area contributed by atoms with Crippen molar-refractivity contribution in [3.8, 4) is 0 Å². The number of hydrogen-bond donors (Lipinski definition) is 0. The minimum Gasteiger partial charge on any atom is -0.244 e. The van der Waals surface area contributed by atoms with Gasteiger partial charge in [-0.15, -0.1) is 0 Å². The van der Waals surface area contributed by atoms with Crippen LogP contribution in [0, 0.1) is 5.92 Å². The van der Waals surface area contributed by atoms with E-state index >= 15 is 0 Å². The van der Waals surface area contributed by atoms with E-state index in [-0.39, 0.29) is 0 Å². The first-order valence-corrected chi connectivity index (χ1v) is 4.02. The molecule has 0 heterocycles. The van der Waals surface area contributed by atoms with E-state index < -0.39 is 12.3 Å². The predicted molar refractivity (Wildman–Crippen MR) is 37.4 cm³/mol. The second-order valence-electron chi connectivity index (χ2n) is 3.12. The van der Waals surface area contributed by atoms with Crippen molar-refractivity contribution in [3.63, 3.8) is 0 Å². The van der Waals surface area contributed by atoms with Gasteiger partial charge in [-0.2, -0.15) is 0 Å². The summed E-state index contributed by atoms with van der Waals surface area (Å²) in [6, 6.07) is 0. The summed E-state index contributed by atoms with van der Waals surface area (Å²) in [4.78, 5) is 0. The van der Waals surface area contributed by atoms with Gasteiger partial charge in [0.2, 0.25) is 0 Å². The van der Waals surface area contributed by atoms with E-state index in [0.717, 1.165) is 12.8 Å². The zero-order chi connectivity index (χ0) is 7.56. The molecular weight excluding hydrogens is 134 g/mol. The van der Waals surface area contributed by atoms with Gasteiger partial charge in [-0.25, -0.2) is 8.78 Å². The van der Waals surface area contributed by atoms with Crippen molar-refractivity contribution < 1.29 is 8.78 Å². The fourth-order valence-corrected chi connectivity index (χ4v) is 1.53. The molecule has 1 rings (SSSR count). The molecule has 10 heavy (non-hydrogen) atoms. The van der Waals surface area contributed by atoms with Crippen molar-refractivity contribution in [1.29, 1.82) is 0 Å². The van der Waals surface area contributed by atoms with Crippen LogP contribution in [0.15, 0.2) is 0 Å². The van der Waals surface area contributed by atoms with Gasteiger partial charge in [-0.3, -0.25) is 0 Å². The highest BCUT2D eigenvalue weighted by atomic mass is 19.2. The molecule has 0 aromatic heterocycles. The zero-order valence-electron chi connectivity index (χ0n) is 6.32. The molecule has 0 amide bonds. The second kappa shape index (κ2) is 3.31. The molecule has 1 saturated carbocycles. The first-order chi connectivity index (χ1) is 4.74. The summed E-state index contributed by atoms with van der Waals surface area (Å²) in [7, 11) is 0. The Labute approximate surface area is 60.6 Å². The molecule has 3 unspecified atom stereocenters. The summed E-state index contributed by atoms with van der Waals surface area (Å²) in [5.41, 5.74) is 0. The Kier molecular flexibility index (Phi) is 2.64. The maximum Gasteiger partial charge on any atom is 0.131 e. The Balaban J connectivity index is 2.33. The van der Waals surface area contributed by atoms with Crippen LogP contribution in [0.5, 0.6) is 0 Å². The van der Waals surface area contributed by atoms with E-state index in [0.29, 0.717) is 18.8 Å². The third kappa shape index (κ3) is 1.68. The average Bonchev–Trinajstić information content (AvgIpc) is 1.95. The Morgan fingerprint density at radius 2 is 1.90 bits per heavy atom.